The Morgan fingerprint density at radius 1 is 1.04 bits per heavy atom. The second-order valence-corrected chi connectivity index (χ2v) is 7.85. The Morgan fingerprint density at radius 2 is 1.78 bits per heavy atom. The third-order valence-electron chi connectivity index (χ3n) is 3.18. The number of nitrogens with zero attached hydrogens (tertiary/aromatic N) is 1. The number of hydrogen-bond donors (Lipinski definition) is 0. The molecule has 0 saturated carbocycles. The highest BCUT2D eigenvalue weighted by atomic mass is 32.2. The van der Waals surface area contributed by atoms with Crippen molar-refractivity contribution < 1.29 is 17.6 Å². The number of aromatic nitrogens is 1. The van der Waals surface area contributed by atoms with E-state index in [1.54, 1.807) is 18.2 Å². The number of halogens is 1. The fourth-order valence-electron chi connectivity index (χ4n) is 2.13. The topological polar surface area (TPSA) is 64.1 Å². The van der Waals surface area contributed by atoms with Crippen molar-refractivity contribution in [3.05, 3.63) is 65.6 Å². The van der Waals surface area contributed by atoms with Crippen molar-refractivity contribution in [2.24, 2.45) is 0 Å². The maximum absolute atomic E-state index is 14.0. The summed E-state index contributed by atoms with van der Waals surface area (Å²) in [6, 6.07) is 12.1. The van der Waals surface area contributed by atoms with Gasteiger partial charge in [-0.2, -0.15) is 4.39 Å². The number of carbonyl (C=O) groups is 1. The Labute approximate surface area is 136 Å². The fourth-order valence-corrected chi connectivity index (χ4v) is 5.05. The molecule has 0 saturated heterocycles. The number of hydrogen-bond acceptors (Lipinski definition) is 5. The van der Waals surface area contributed by atoms with Gasteiger partial charge < -0.3 is 0 Å². The summed E-state index contributed by atoms with van der Waals surface area (Å²) >= 11 is 0.814. The van der Waals surface area contributed by atoms with Crippen molar-refractivity contribution in [1.29, 1.82) is 0 Å². The largest absolute Gasteiger partial charge is 0.297 e. The number of benzene rings is 1. The molecule has 0 bridgehead atoms. The Bertz CT molecular complexity index is 966. The average Bonchev–Trinajstić information content (AvgIpc) is 3.01. The first-order valence-corrected chi connectivity index (χ1v) is 8.84. The van der Waals surface area contributed by atoms with Gasteiger partial charge in [0, 0.05) is 17.3 Å². The molecule has 2 aromatic heterocycles. The van der Waals surface area contributed by atoms with Crippen LogP contribution in [0.1, 0.15) is 9.67 Å². The summed E-state index contributed by atoms with van der Waals surface area (Å²) < 4.78 is 39.5. The van der Waals surface area contributed by atoms with Gasteiger partial charge in [0.1, 0.15) is 4.21 Å². The number of sulfone groups is 1. The SMILES string of the molecule is O=Cc1cc(-c2cccnc2F)c(S(=O)(=O)c2ccccc2)s1. The van der Waals surface area contributed by atoms with Gasteiger partial charge in [-0.25, -0.2) is 13.4 Å². The van der Waals surface area contributed by atoms with Crippen molar-refractivity contribution in [2.75, 3.05) is 0 Å². The van der Waals surface area contributed by atoms with E-state index < -0.39 is 15.8 Å². The van der Waals surface area contributed by atoms with Crippen LogP contribution in [0.15, 0.2) is 63.8 Å². The van der Waals surface area contributed by atoms with Crippen molar-refractivity contribution >= 4 is 27.5 Å². The van der Waals surface area contributed by atoms with Crippen LogP contribution in [0.25, 0.3) is 11.1 Å². The summed E-state index contributed by atoms with van der Waals surface area (Å²) in [6.07, 6.45) is 1.82. The predicted octanol–water partition coefficient (Wildman–Crippen LogP) is 3.59. The molecule has 23 heavy (non-hydrogen) atoms. The second kappa shape index (κ2) is 6.02. The summed E-state index contributed by atoms with van der Waals surface area (Å²) in [4.78, 5) is 14.9. The van der Waals surface area contributed by atoms with E-state index in [0.717, 1.165) is 11.3 Å². The quantitative estimate of drug-likeness (QED) is 0.534. The zero-order chi connectivity index (χ0) is 16.4. The Balaban J connectivity index is 2.27. The molecule has 116 valence electrons. The molecule has 0 N–H and O–H groups in total. The molecule has 0 aliphatic heterocycles. The monoisotopic (exact) mass is 347 g/mol. The van der Waals surface area contributed by atoms with Gasteiger partial charge in [0.15, 0.2) is 6.29 Å². The normalized spacial score (nSPS) is 11.3. The standard InChI is InChI=1S/C16H10FNO3S2/c17-15-13(7-4-8-18-15)14-9-11(10-19)22-16(14)23(20,21)12-5-2-1-3-6-12/h1-10H. The number of carbonyl (C=O) groups excluding carboxylic acids is 1. The molecule has 0 atom stereocenters. The molecule has 3 rings (SSSR count). The van der Waals surface area contributed by atoms with Crippen molar-refractivity contribution in [3.63, 3.8) is 0 Å². The maximum Gasteiger partial charge on any atom is 0.220 e. The molecule has 0 spiro atoms. The molecule has 4 nitrogen and oxygen atoms in total. The zero-order valence-electron chi connectivity index (χ0n) is 11.6. The van der Waals surface area contributed by atoms with E-state index in [1.807, 2.05) is 0 Å². The highest BCUT2D eigenvalue weighted by molar-refractivity contribution is 7.93. The van der Waals surface area contributed by atoms with Gasteiger partial charge in [-0.3, -0.25) is 4.79 Å². The van der Waals surface area contributed by atoms with Gasteiger partial charge in [-0.1, -0.05) is 18.2 Å². The van der Waals surface area contributed by atoms with Crippen molar-refractivity contribution in [3.8, 4) is 11.1 Å². The smallest absolute Gasteiger partial charge is 0.220 e. The van der Waals surface area contributed by atoms with Crippen LogP contribution in [-0.2, 0) is 9.84 Å². The zero-order valence-corrected chi connectivity index (χ0v) is 13.3. The van der Waals surface area contributed by atoms with Gasteiger partial charge in [0.2, 0.25) is 15.8 Å². The Morgan fingerprint density at radius 3 is 2.43 bits per heavy atom. The molecule has 0 aliphatic carbocycles. The van der Waals surface area contributed by atoms with Crippen LogP contribution in [0.3, 0.4) is 0 Å². The molecular formula is C16H10FNO3S2. The Kier molecular flexibility index (Phi) is 4.06. The van der Waals surface area contributed by atoms with Crippen LogP contribution < -0.4 is 0 Å². The first-order valence-electron chi connectivity index (χ1n) is 6.54. The van der Waals surface area contributed by atoms with E-state index in [9.17, 15) is 17.6 Å². The van der Waals surface area contributed by atoms with E-state index in [1.165, 1.54) is 36.5 Å². The van der Waals surface area contributed by atoms with Crippen LogP contribution in [0.5, 0.6) is 0 Å². The molecule has 0 aliphatic rings. The van der Waals surface area contributed by atoms with Crippen molar-refractivity contribution in [2.45, 2.75) is 9.10 Å². The summed E-state index contributed by atoms with van der Waals surface area (Å²) in [7, 11) is -3.86. The fraction of sp³-hybridized carbons (Fsp3) is 0. The summed E-state index contributed by atoms with van der Waals surface area (Å²) in [5.74, 6) is -0.785. The molecule has 3 aromatic rings. The number of aldehydes is 1. The maximum atomic E-state index is 14.0. The number of pyridine rings is 1. The Hall–Kier alpha value is -2.38. The van der Waals surface area contributed by atoms with Crippen LogP contribution in [0.4, 0.5) is 4.39 Å². The molecule has 0 radical (unpaired) electrons. The molecule has 2 heterocycles. The van der Waals surface area contributed by atoms with E-state index in [-0.39, 0.29) is 25.1 Å². The lowest BCUT2D eigenvalue weighted by Gasteiger charge is -2.06. The van der Waals surface area contributed by atoms with Crippen LogP contribution in [0.2, 0.25) is 0 Å². The molecule has 0 fully saturated rings. The third-order valence-corrected chi connectivity index (χ3v) is 6.54. The minimum atomic E-state index is -3.86. The molecule has 7 heteroatoms. The predicted molar refractivity (Wildman–Crippen MR) is 84.8 cm³/mol. The van der Waals surface area contributed by atoms with Gasteiger partial charge in [0.25, 0.3) is 0 Å². The summed E-state index contributed by atoms with van der Waals surface area (Å²) in [6.45, 7) is 0. The molecule has 0 unspecified atom stereocenters. The average molecular weight is 347 g/mol. The van der Waals surface area contributed by atoms with Gasteiger partial charge in [-0.15, -0.1) is 11.3 Å². The van der Waals surface area contributed by atoms with Crippen LogP contribution >= 0.6 is 11.3 Å². The number of thiophene rings is 1. The molecule has 0 amide bonds. The first kappa shape index (κ1) is 15.5. The third kappa shape index (κ3) is 2.80. The minimum Gasteiger partial charge on any atom is -0.297 e. The van der Waals surface area contributed by atoms with E-state index in [4.69, 9.17) is 0 Å². The summed E-state index contributed by atoms with van der Waals surface area (Å²) in [5, 5.41) is 0. The number of rotatable bonds is 4. The van der Waals surface area contributed by atoms with E-state index in [0.29, 0.717) is 6.29 Å². The molecular weight excluding hydrogens is 337 g/mol. The minimum absolute atomic E-state index is 0.0476. The van der Waals surface area contributed by atoms with Gasteiger partial charge in [-0.05, 0) is 30.3 Å². The summed E-state index contributed by atoms with van der Waals surface area (Å²) in [5.41, 5.74) is 0.193. The highest BCUT2D eigenvalue weighted by Crippen LogP contribution is 2.38. The van der Waals surface area contributed by atoms with Gasteiger partial charge >= 0.3 is 0 Å². The van der Waals surface area contributed by atoms with Crippen molar-refractivity contribution in [1.82, 2.24) is 4.98 Å². The van der Waals surface area contributed by atoms with Crippen LogP contribution in [0, 0.1) is 5.95 Å². The second-order valence-electron chi connectivity index (χ2n) is 4.63. The first-order chi connectivity index (χ1) is 11.0. The lowest BCUT2D eigenvalue weighted by atomic mass is 10.1. The lowest BCUT2D eigenvalue weighted by Crippen LogP contribution is -2.01. The highest BCUT2D eigenvalue weighted by Gasteiger charge is 2.26. The lowest BCUT2D eigenvalue weighted by molar-refractivity contribution is 0.112. The van der Waals surface area contributed by atoms with E-state index >= 15 is 0 Å². The van der Waals surface area contributed by atoms with E-state index in [2.05, 4.69) is 4.98 Å². The van der Waals surface area contributed by atoms with Gasteiger partial charge in [0.05, 0.1) is 9.77 Å². The molecule has 1 aromatic carbocycles. The van der Waals surface area contributed by atoms with Crippen LogP contribution in [-0.4, -0.2) is 19.7 Å².